The molecule has 3 rings (SSSR count). The molecular weight excluding hydrogens is 477 g/mol. The van der Waals surface area contributed by atoms with E-state index >= 15 is 0 Å². The van der Waals surface area contributed by atoms with Gasteiger partial charge in [-0.05, 0) is 54.6 Å². The number of hydrogen-bond acceptors (Lipinski definition) is 4. The number of rotatable bonds is 6. The Morgan fingerprint density at radius 2 is 1.26 bits per heavy atom. The van der Waals surface area contributed by atoms with Crippen LogP contribution in [0.1, 0.15) is 5.56 Å². The van der Waals surface area contributed by atoms with Gasteiger partial charge in [0.25, 0.3) is 20.0 Å². The smallest absolute Gasteiger partial charge is 0.280 e. The molecule has 0 saturated heterocycles. The molecule has 31 heavy (non-hydrogen) atoms. The first-order valence-corrected chi connectivity index (χ1v) is 11.8. The van der Waals surface area contributed by atoms with Crippen LogP contribution in [0.15, 0.2) is 82.6 Å². The van der Waals surface area contributed by atoms with E-state index in [1.807, 2.05) is 0 Å². The zero-order valence-electron chi connectivity index (χ0n) is 15.4. The Morgan fingerprint density at radius 1 is 0.710 bits per heavy atom. The van der Waals surface area contributed by atoms with Crippen LogP contribution >= 0.6 is 11.6 Å². The second-order valence-corrected chi connectivity index (χ2v) is 9.98. The monoisotopic (exact) mass is 490 g/mol. The molecule has 0 heterocycles. The van der Waals surface area contributed by atoms with Crippen molar-refractivity contribution in [2.75, 3.05) is 9.44 Å². The van der Waals surface area contributed by atoms with Crippen molar-refractivity contribution in [3.8, 4) is 0 Å². The molecule has 0 saturated carbocycles. The first-order valence-electron chi connectivity index (χ1n) is 8.46. The maximum Gasteiger partial charge on any atom is 0.416 e. The number of nitrogens with one attached hydrogen (secondary N) is 2. The summed E-state index contributed by atoms with van der Waals surface area (Å²) in [6, 6.07) is 14.7. The maximum absolute atomic E-state index is 12.9. The van der Waals surface area contributed by atoms with Gasteiger partial charge in [0, 0.05) is 11.4 Å². The summed E-state index contributed by atoms with van der Waals surface area (Å²) < 4.78 is 93.1. The lowest BCUT2D eigenvalue weighted by Gasteiger charge is -2.13. The third-order valence-corrected chi connectivity index (χ3v) is 7.25. The highest BCUT2D eigenvalue weighted by Crippen LogP contribution is 2.34. The predicted octanol–water partition coefficient (Wildman–Crippen LogP) is 4.96. The number of sulfonamides is 2. The van der Waals surface area contributed by atoms with Gasteiger partial charge < -0.3 is 0 Å². The molecule has 0 bridgehead atoms. The van der Waals surface area contributed by atoms with E-state index in [9.17, 15) is 30.0 Å². The van der Waals surface area contributed by atoms with Crippen LogP contribution in [0.3, 0.4) is 0 Å². The molecule has 6 nitrogen and oxygen atoms in total. The summed E-state index contributed by atoms with van der Waals surface area (Å²) in [5.74, 6) is 0. The number of hydrogen-bond donors (Lipinski definition) is 2. The highest BCUT2D eigenvalue weighted by Gasteiger charge is 2.32. The van der Waals surface area contributed by atoms with Crippen LogP contribution in [0.5, 0.6) is 0 Å². The van der Waals surface area contributed by atoms with E-state index in [0.29, 0.717) is 17.8 Å². The lowest BCUT2D eigenvalue weighted by molar-refractivity contribution is -0.137. The molecule has 0 radical (unpaired) electrons. The molecule has 2 N–H and O–H groups in total. The number of halogens is 4. The van der Waals surface area contributed by atoms with E-state index in [0.717, 1.165) is 18.2 Å². The molecule has 0 fully saturated rings. The van der Waals surface area contributed by atoms with Gasteiger partial charge in [0.2, 0.25) is 0 Å². The van der Waals surface area contributed by atoms with Crippen molar-refractivity contribution in [2.45, 2.75) is 16.0 Å². The molecule has 0 amide bonds. The van der Waals surface area contributed by atoms with E-state index in [1.165, 1.54) is 12.1 Å². The van der Waals surface area contributed by atoms with Crippen molar-refractivity contribution >= 4 is 43.0 Å². The standard InChI is InChI=1S/C19H14ClF3N2O4S2/c20-17-11-6-13(19(21,22)23)12-18(17)31(28,29)25-15-7-9-16(10-8-15)30(26,27)24-14-4-2-1-3-5-14/h1-12,24-25H. The van der Waals surface area contributed by atoms with Gasteiger partial charge >= 0.3 is 6.18 Å². The first kappa shape index (κ1) is 22.9. The summed E-state index contributed by atoms with van der Waals surface area (Å²) in [7, 11) is -8.40. The van der Waals surface area contributed by atoms with Crippen molar-refractivity contribution in [3.63, 3.8) is 0 Å². The molecule has 0 atom stereocenters. The largest absolute Gasteiger partial charge is 0.416 e. The molecule has 3 aromatic carbocycles. The maximum atomic E-state index is 12.9. The van der Waals surface area contributed by atoms with E-state index in [4.69, 9.17) is 11.6 Å². The molecule has 12 heteroatoms. The average molecular weight is 491 g/mol. The van der Waals surface area contributed by atoms with Crippen LogP contribution < -0.4 is 9.44 Å². The summed E-state index contributed by atoms with van der Waals surface area (Å²) >= 11 is 5.79. The minimum atomic E-state index is -4.75. The quantitative estimate of drug-likeness (QED) is 0.511. The average Bonchev–Trinajstić information content (AvgIpc) is 2.68. The van der Waals surface area contributed by atoms with Crippen LogP contribution in [0.25, 0.3) is 0 Å². The number of benzene rings is 3. The summed E-state index contributed by atoms with van der Waals surface area (Å²) in [6.07, 6.45) is -4.75. The molecule has 0 aliphatic heterocycles. The second-order valence-electron chi connectivity index (χ2n) is 6.24. The lowest BCUT2D eigenvalue weighted by Crippen LogP contribution is -2.16. The van der Waals surface area contributed by atoms with Gasteiger partial charge in [-0.1, -0.05) is 29.8 Å². The highest BCUT2D eigenvalue weighted by molar-refractivity contribution is 7.93. The Labute approximate surface area is 181 Å². The number of para-hydroxylation sites is 1. The summed E-state index contributed by atoms with van der Waals surface area (Å²) in [4.78, 5) is -0.900. The summed E-state index contributed by atoms with van der Waals surface area (Å²) in [5, 5.41) is -0.397. The van der Waals surface area contributed by atoms with Crippen LogP contribution in [0, 0.1) is 0 Å². The summed E-state index contributed by atoms with van der Waals surface area (Å²) in [5.41, 5.74) is -0.899. The van der Waals surface area contributed by atoms with Gasteiger partial charge in [-0.3, -0.25) is 9.44 Å². The van der Waals surface area contributed by atoms with Gasteiger partial charge in [-0.15, -0.1) is 0 Å². The molecule has 164 valence electrons. The molecular formula is C19H14ClF3N2O4S2. The van der Waals surface area contributed by atoms with Crippen LogP contribution in [0.2, 0.25) is 5.02 Å². The fraction of sp³-hybridized carbons (Fsp3) is 0.0526. The van der Waals surface area contributed by atoms with Gasteiger partial charge in [-0.25, -0.2) is 16.8 Å². The SMILES string of the molecule is O=S(=O)(Nc1ccccc1)c1ccc(NS(=O)(=O)c2cc(C(F)(F)F)ccc2Cl)cc1. The third kappa shape index (κ3) is 5.49. The molecule has 0 aromatic heterocycles. The Balaban J connectivity index is 1.84. The van der Waals surface area contributed by atoms with E-state index in [2.05, 4.69) is 9.44 Å². The van der Waals surface area contributed by atoms with Crippen molar-refractivity contribution in [1.82, 2.24) is 0 Å². The van der Waals surface area contributed by atoms with Gasteiger partial charge in [0.05, 0.1) is 15.5 Å². The van der Waals surface area contributed by atoms with Crippen molar-refractivity contribution in [1.29, 1.82) is 0 Å². The van der Waals surface area contributed by atoms with Crippen LogP contribution in [-0.2, 0) is 26.2 Å². The second kappa shape index (κ2) is 8.40. The fourth-order valence-corrected chi connectivity index (χ4v) is 5.16. The molecule has 0 unspecified atom stereocenters. The predicted molar refractivity (Wildman–Crippen MR) is 111 cm³/mol. The van der Waals surface area contributed by atoms with Crippen LogP contribution in [-0.4, -0.2) is 16.8 Å². The zero-order valence-corrected chi connectivity index (χ0v) is 17.8. The van der Waals surface area contributed by atoms with Gasteiger partial charge in [0.1, 0.15) is 4.90 Å². The van der Waals surface area contributed by atoms with Gasteiger partial charge in [0.15, 0.2) is 0 Å². The number of anilines is 2. The van der Waals surface area contributed by atoms with Crippen LogP contribution in [0.4, 0.5) is 24.5 Å². The fourth-order valence-electron chi connectivity index (χ4n) is 2.52. The third-order valence-electron chi connectivity index (χ3n) is 3.99. The summed E-state index contributed by atoms with van der Waals surface area (Å²) in [6.45, 7) is 0. The lowest BCUT2D eigenvalue weighted by atomic mass is 10.2. The normalized spacial score (nSPS) is 12.4. The van der Waals surface area contributed by atoms with Crippen molar-refractivity contribution in [3.05, 3.63) is 83.4 Å². The highest BCUT2D eigenvalue weighted by atomic mass is 35.5. The first-order chi connectivity index (χ1) is 14.4. The minimum absolute atomic E-state index is 0.0628. The number of alkyl halides is 3. The Morgan fingerprint density at radius 3 is 1.84 bits per heavy atom. The Bertz CT molecular complexity index is 1300. The molecule has 0 spiro atoms. The Hall–Kier alpha value is -2.76. The molecule has 3 aromatic rings. The Kier molecular flexibility index (Phi) is 6.21. The van der Waals surface area contributed by atoms with E-state index in [1.54, 1.807) is 30.3 Å². The zero-order chi connectivity index (χ0) is 22.9. The van der Waals surface area contributed by atoms with Crippen molar-refractivity contribution in [2.24, 2.45) is 0 Å². The van der Waals surface area contributed by atoms with Gasteiger partial charge in [-0.2, -0.15) is 13.2 Å². The minimum Gasteiger partial charge on any atom is -0.280 e. The topological polar surface area (TPSA) is 92.3 Å². The molecule has 0 aliphatic carbocycles. The van der Waals surface area contributed by atoms with E-state index < -0.39 is 41.7 Å². The van der Waals surface area contributed by atoms with Crippen molar-refractivity contribution < 1.29 is 30.0 Å². The molecule has 0 aliphatic rings. The van der Waals surface area contributed by atoms with E-state index in [-0.39, 0.29) is 10.6 Å².